The van der Waals surface area contributed by atoms with Crippen molar-refractivity contribution in [1.29, 1.82) is 0 Å². The number of rotatable bonds is 9. The van der Waals surface area contributed by atoms with Crippen molar-refractivity contribution in [2.24, 2.45) is 0 Å². The molecule has 0 aliphatic carbocycles. The molecule has 0 spiro atoms. The molecule has 0 saturated heterocycles. The summed E-state index contributed by atoms with van der Waals surface area (Å²) in [6.45, 7) is 11.2. The Balaban J connectivity index is 2.66. The number of aryl methyl sites for hydroxylation is 1. The molecule has 1 heterocycles. The first kappa shape index (κ1) is 15.2. The van der Waals surface area contributed by atoms with Crippen LogP contribution in [0.4, 0.5) is 0 Å². The maximum absolute atomic E-state index is 5.71. The van der Waals surface area contributed by atoms with E-state index in [2.05, 4.69) is 41.8 Å². The third kappa shape index (κ3) is 4.42. The third-order valence-corrected chi connectivity index (χ3v) is 3.13. The van der Waals surface area contributed by atoms with E-state index < -0.39 is 0 Å². The van der Waals surface area contributed by atoms with Crippen molar-refractivity contribution >= 4 is 0 Å². The zero-order valence-corrected chi connectivity index (χ0v) is 12.1. The summed E-state index contributed by atoms with van der Waals surface area (Å²) < 4.78 is 7.94. The van der Waals surface area contributed by atoms with Crippen molar-refractivity contribution in [3.63, 3.8) is 0 Å². The van der Waals surface area contributed by atoms with Gasteiger partial charge in [-0.15, -0.1) is 0 Å². The summed E-state index contributed by atoms with van der Waals surface area (Å²) in [5.74, 6) is 1.15. The molecule has 2 atom stereocenters. The first-order chi connectivity index (χ1) is 8.72. The number of hydrogen-bond acceptors (Lipinski definition) is 3. The number of aromatic nitrogens is 2. The van der Waals surface area contributed by atoms with Crippen molar-refractivity contribution in [3.8, 4) is 0 Å². The number of nitrogens with one attached hydrogen (secondary N) is 1. The highest BCUT2D eigenvalue weighted by atomic mass is 16.5. The summed E-state index contributed by atoms with van der Waals surface area (Å²) in [4.78, 5) is 4.47. The van der Waals surface area contributed by atoms with E-state index in [9.17, 15) is 0 Å². The highest BCUT2D eigenvalue weighted by Crippen LogP contribution is 2.08. The van der Waals surface area contributed by atoms with Crippen molar-refractivity contribution < 1.29 is 4.74 Å². The van der Waals surface area contributed by atoms with E-state index in [0.717, 1.165) is 38.4 Å². The van der Waals surface area contributed by atoms with Gasteiger partial charge in [0.1, 0.15) is 5.82 Å². The SMILES string of the molecule is CCCn1ccnc1CC(NCC)C(C)OCC. The Morgan fingerprint density at radius 2 is 2.17 bits per heavy atom. The summed E-state index contributed by atoms with van der Waals surface area (Å²) >= 11 is 0. The molecule has 0 fully saturated rings. The van der Waals surface area contributed by atoms with Gasteiger partial charge in [-0.05, 0) is 26.8 Å². The van der Waals surface area contributed by atoms with Gasteiger partial charge in [0.15, 0.2) is 0 Å². The maximum Gasteiger partial charge on any atom is 0.110 e. The summed E-state index contributed by atoms with van der Waals surface area (Å²) in [7, 11) is 0. The number of hydrogen-bond donors (Lipinski definition) is 1. The van der Waals surface area contributed by atoms with Gasteiger partial charge >= 0.3 is 0 Å². The average Bonchev–Trinajstić information content (AvgIpc) is 2.77. The second-order valence-corrected chi connectivity index (χ2v) is 4.57. The third-order valence-electron chi connectivity index (χ3n) is 3.13. The van der Waals surface area contributed by atoms with Gasteiger partial charge in [0, 0.05) is 38.0 Å². The molecule has 0 saturated carbocycles. The molecule has 0 radical (unpaired) electrons. The molecule has 4 heteroatoms. The molecule has 2 unspecified atom stereocenters. The predicted octanol–water partition coefficient (Wildman–Crippen LogP) is 2.24. The smallest absolute Gasteiger partial charge is 0.110 e. The van der Waals surface area contributed by atoms with Crippen LogP contribution in [0.15, 0.2) is 12.4 Å². The van der Waals surface area contributed by atoms with Crippen LogP contribution in [0.5, 0.6) is 0 Å². The molecular formula is C14H27N3O. The zero-order valence-electron chi connectivity index (χ0n) is 12.1. The van der Waals surface area contributed by atoms with Gasteiger partial charge in [-0.25, -0.2) is 4.98 Å². The van der Waals surface area contributed by atoms with Crippen LogP contribution in [-0.4, -0.2) is 34.8 Å². The topological polar surface area (TPSA) is 39.1 Å². The Hall–Kier alpha value is -0.870. The minimum absolute atomic E-state index is 0.210. The van der Waals surface area contributed by atoms with E-state index in [1.54, 1.807) is 0 Å². The van der Waals surface area contributed by atoms with Crippen LogP contribution in [0.25, 0.3) is 0 Å². The molecule has 1 aromatic heterocycles. The van der Waals surface area contributed by atoms with Crippen molar-refractivity contribution in [1.82, 2.24) is 14.9 Å². The summed E-state index contributed by atoms with van der Waals surface area (Å²) in [5, 5.41) is 3.50. The van der Waals surface area contributed by atoms with Crippen LogP contribution >= 0.6 is 0 Å². The quantitative estimate of drug-likeness (QED) is 0.733. The van der Waals surface area contributed by atoms with Crippen LogP contribution in [-0.2, 0) is 17.7 Å². The number of imidazole rings is 1. The van der Waals surface area contributed by atoms with E-state index in [1.165, 1.54) is 0 Å². The molecule has 0 amide bonds. The van der Waals surface area contributed by atoms with E-state index in [4.69, 9.17) is 4.74 Å². The molecule has 18 heavy (non-hydrogen) atoms. The van der Waals surface area contributed by atoms with Gasteiger partial charge in [0.25, 0.3) is 0 Å². The van der Waals surface area contributed by atoms with E-state index in [0.29, 0.717) is 6.04 Å². The van der Waals surface area contributed by atoms with Gasteiger partial charge in [0.05, 0.1) is 6.10 Å². The Kier molecular flexibility index (Phi) is 6.98. The fourth-order valence-electron chi connectivity index (χ4n) is 2.22. The van der Waals surface area contributed by atoms with Crippen LogP contribution in [0.2, 0.25) is 0 Å². The summed E-state index contributed by atoms with van der Waals surface area (Å²) in [6, 6.07) is 0.327. The molecule has 4 nitrogen and oxygen atoms in total. The highest BCUT2D eigenvalue weighted by molar-refractivity contribution is 4.97. The van der Waals surface area contributed by atoms with Crippen molar-refractivity contribution in [2.45, 2.75) is 59.2 Å². The van der Waals surface area contributed by atoms with E-state index in [1.807, 2.05) is 13.1 Å². The van der Waals surface area contributed by atoms with Gasteiger partial charge in [0.2, 0.25) is 0 Å². The van der Waals surface area contributed by atoms with Crippen LogP contribution < -0.4 is 5.32 Å². The van der Waals surface area contributed by atoms with Crippen LogP contribution in [0.3, 0.4) is 0 Å². The van der Waals surface area contributed by atoms with Crippen LogP contribution in [0, 0.1) is 0 Å². The minimum Gasteiger partial charge on any atom is -0.377 e. The molecule has 1 rings (SSSR count). The monoisotopic (exact) mass is 253 g/mol. The van der Waals surface area contributed by atoms with Gasteiger partial charge < -0.3 is 14.6 Å². The van der Waals surface area contributed by atoms with Crippen molar-refractivity contribution in [2.75, 3.05) is 13.2 Å². The largest absolute Gasteiger partial charge is 0.377 e. The minimum atomic E-state index is 0.210. The lowest BCUT2D eigenvalue weighted by Crippen LogP contribution is -2.42. The van der Waals surface area contributed by atoms with Crippen LogP contribution in [0.1, 0.15) is 39.9 Å². The molecule has 0 aromatic carbocycles. The fraction of sp³-hybridized carbons (Fsp3) is 0.786. The zero-order chi connectivity index (χ0) is 13.4. The standard InChI is InChI=1S/C14H27N3O/c1-5-9-17-10-8-16-14(17)11-13(15-6-2)12(4)18-7-3/h8,10,12-13,15H,5-7,9,11H2,1-4H3. The lowest BCUT2D eigenvalue weighted by molar-refractivity contribution is 0.0473. The second kappa shape index (κ2) is 8.27. The van der Waals surface area contributed by atoms with Gasteiger partial charge in [-0.1, -0.05) is 13.8 Å². The molecule has 1 N–H and O–H groups in total. The molecule has 0 aliphatic heterocycles. The Morgan fingerprint density at radius 1 is 1.39 bits per heavy atom. The number of likely N-dealkylation sites (N-methyl/N-ethyl adjacent to an activating group) is 1. The van der Waals surface area contributed by atoms with Crippen molar-refractivity contribution in [3.05, 3.63) is 18.2 Å². The number of ether oxygens (including phenoxy) is 1. The lowest BCUT2D eigenvalue weighted by Gasteiger charge is -2.24. The van der Waals surface area contributed by atoms with E-state index >= 15 is 0 Å². The lowest BCUT2D eigenvalue weighted by atomic mass is 10.1. The molecule has 1 aromatic rings. The normalized spacial score (nSPS) is 14.7. The number of nitrogens with zero attached hydrogens (tertiary/aromatic N) is 2. The Morgan fingerprint density at radius 3 is 2.78 bits per heavy atom. The van der Waals surface area contributed by atoms with E-state index in [-0.39, 0.29) is 6.10 Å². The molecular weight excluding hydrogens is 226 g/mol. The Bertz CT molecular complexity index is 325. The Labute approximate surface area is 111 Å². The highest BCUT2D eigenvalue weighted by Gasteiger charge is 2.19. The summed E-state index contributed by atoms with van der Waals surface area (Å²) in [5.41, 5.74) is 0. The first-order valence-electron chi connectivity index (χ1n) is 7.07. The predicted molar refractivity (Wildman–Crippen MR) is 74.8 cm³/mol. The molecule has 0 aliphatic rings. The second-order valence-electron chi connectivity index (χ2n) is 4.57. The average molecular weight is 253 g/mol. The maximum atomic E-state index is 5.71. The van der Waals surface area contributed by atoms with Gasteiger partial charge in [-0.2, -0.15) is 0 Å². The first-order valence-corrected chi connectivity index (χ1v) is 7.07. The molecule has 104 valence electrons. The fourth-order valence-corrected chi connectivity index (χ4v) is 2.22. The summed E-state index contributed by atoms with van der Waals surface area (Å²) in [6.07, 6.45) is 6.21. The molecule has 0 bridgehead atoms. The van der Waals surface area contributed by atoms with Gasteiger partial charge in [-0.3, -0.25) is 0 Å².